The highest BCUT2D eigenvalue weighted by molar-refractivity contribution is 6.03. The van der Waals surface area contributed by atoms with Crippen LogP contribution in [0.3, 0.4) is 0 Å². The van der Waals surface area contributed by atoms with Crippen LogP contribution >= 0.6 is 0 Å². The monoisotopic (exact) mass is 342 g/mol. The molecule has 2 N–H and O–H groups in total. The van der Waals surface area contributed by atoms with E-state index < -0.39 is 0 Å². The van der Waals surface area contributed by atoms with Gasteiger partial charge in [0, 0.05) is 13.5 Å². The summed E-state index contributed by atoms with van der Waals surface area (Å²) in [6, 6.07) is 13.2. The number of para-hydroxylation sites is 1. The molecule has 0 heterocycles. The fourth-order valence-corrected chi connectivity index (χ4v) is 2.82. The first-order valence-corrected chi connectivity index (χ1v) is 8.41. The standard InChI is InChI=1S/C20H23FN2O2/c1-3-6-15(14-9-11-16(21)12-10-14)13-19(24)23-18-8-5-4-7-17(18)20(25)22-2/h4-5,7-12,15H,3,6,13H2,1-2H3,(H,22,25)(H,23,24). The summed E-state index contributed by atoms with van der Waals surface area (Å²) in [7, 11) is 1.55. The van der Waals surface area contributed by atoms with Gasteiger partial charge in [-0.1, -0.05) is 37.6 Å². The molecule has 0 aromatic heterocycles. The number of rotatable bonds is 7. The summed E-state index contributed by atoms with van der Waals surface area (Å²) in [5, 5.41) is 5.38. The average Bonchev–Trinajstić information content (AvgIpc) is 2.62. The van der Waals surface area contributed by atoms with Gasteiger partial charge in [-0.3, -0.25) is 9.59 Å². The van der Waals surface area contributed by atoms with Crippen LogP contribution in [0.2, 0.25) is 0 Å². The zero-order valence-electron chi connectivity index (χ0n) is 14.5. The van der Waals surface area contributed by atoms with Gasteiger partial charge in [-0.25, -0.2) is 4.39 Å². The molecule has 0 spiro atoms. The van der Waals surface area contributed by atoms with Gasteiger partial charge in [0.05, 0.1) is 11.3 Å². The number of carbonyl (C=O) groups excluding carboxylic acids is 2. The molecule has 0 aliphatic rings. The molecule has 25 heavy (non-hydrogen) atoms. The summed E-state index contributed by atoms with van der Waals surface area (Å²) in [5.41, 5.74) is 1.85. The first kappa shape index (κ1) is 18.6. The lowest BCUT2D eigenvalue weighted by molar-refractivity contribution is -0.116. The van der Waals surface area contributed by atoms with Crippen LogP contribution in [0.15, 0.2) is 48.5 Å². The third-order valence-electron chi connectivity index (χ3n) is 4.08. The van der Waals surface area contributed by atoms with Crippen molar-refractivity contribution in [1.82, 2.24) is 5.32 Å². The second-order valence-corrected chi connectivity index (χ2v) is 5.91. The molecule has 2 rings (SSSR count). The van der Waals surface area contributed by atoms with Crippen molar-refractivity contribution in [2.24, 2.45) is 0 Å². The number of carbonyl (C=O) groups is 2. The van der Waals surface area contributed by atoms with E-state index in [0.29, 0.717) is 11.3 Å². The highest BCUT2D eigenvalue weighted by atomic mass is 19.1. The predicted molar refractivity (Wildman–Crippen MR) is 97.1 cm³/mol. The Morgan fingerprint density at radius 1 is 1.08 bits per heavy atom. The molecule has 2 aromatic rings. The van der Waals surface area contributed by atoms with E-state index in [-0.39, 0.29) is 30.0 Å². The van der Waals surface area contributed by atoms with Crippen LogP contribution in [-0.2, 0) is 4.79 Å². The van der Waals surface area contributed by atoms with E-state index in [9.17, 15) is 14.0 Å². The van der Waals surface area contributed by atoms with Crippen molar-refractivity contribution in [1.29, 1.82) is 0 Å². The predicted octanol–water partition coefficient (Wildman–Crippen LogP) is 4.10. The van der Waals surface area contributed by atoms with Gasteiger partial charge in [-0.15, -0.1) is 0 Å². The summed E-state index contributed by atoms with van der Waals surface area (Å²) in [6.07, 6.45) is 2.03. The van der Waals surface area contributed by atoms with E-state index in [4.69, 9.17) is 0 Å². The van der Waals surface area contributed by atoms with Crippen LogP contribution in [-0.4, -0.2) is 18.9 Å². The first-order chi connectivity index (χ1) is 12.0. The van der Waals surface area contributed by atoms with Crippen molar-refractivity contribution in [3.05, 3.63) is 65.5 Å². The number of nitrogens with one attached hydrogen (secondary N) is 2. The van der Waals surface area contributed by atoms with Crippen LogP contribution in [0, 0.1) is 5.82 Å². The molecule has 132 valence electrons. The SMILES string of the molecule is CCCC(CC(=O)Nc1ccccc1C(=O)NC)c1ccc(F)cc1. The lowest BCUT2D eigenvalue weighted by Gasteiger charge is -2.17. The Balaban J connectivity index is 2.12. The zero-order chi connectivity index (χ0) is 18.2. The molecule has 0 bridgehead atoms. The Bertz CT molecular complexity index is 729. The topological polar surface area (TPSA) is 58.2 Å². The minimum absolute atomic E-state index is 0.0118. The maximum atomic E-state index is 13.1. The lowest BCUT2D eigenvalue weighted by atomic mass is 9.91. The Morgan fingerprint density at radius 2 is 1.76 bits per heavy atom. The minimum atomic E-state index is -0.289. The van der Waals surface area contributed by atoms with E-state index in [2.05, 4.69) is 17.6 Å². The van der Waals surface area contributed by atoms with Gasteiger partial charge in [-0.05, 0) is 42.2 Å². The van der Waals surface area contributed by atoms with Crippen LogP contribution in [0.25, 0.3) is 0 Å². The molecular formula is C20H23FN2O2. The van der Waals surface area contributed by atoms with E-state index in [1.807, 2.05) is 0 Å². The Morgan fingerprint density at radius 3 is 2.40 bits per heavy atom. The van der Waals surface area contributed by atoms with Gasteiger partial charge in [0.1, 0.15) is 5.82 Å². The molecule has 0 saturated heterocycles. The molecule has 0 fully saturated rings. The van der Waals surface area contributed by atoms with Gasteiger partial charge >= 0.3 is 0 Å². The number of hydrogen-bond donors (Lipinski definition) is 2. The summed E-state index contributed by atoms with van der Waals surface area (Å²) in [6.45, 7) is 2.05. The molecular weight excluding hydrogens is 319 g/mol. The lowest BCUT2D eigenvalue weighted by Crippen LogP contribution is -2.22. The van der Waals surface area contributed by atoms with Gasteiger partial charge < -0.3 is 10.6 Å². The van der Waals surface area contributed by atoms with E-state index in [1.54, 1.807) is 43.4 Å². The molecule has 1 unspecified atom stereocenters. The minimum Gasteiger partial charge on any atom is -0.355 e. The number of halogens is 1. The summed E-state index contributed by atoms with van der Waals surface area (Å²) in [5.74, 6) is -0.695. The van der Waals surface area contributed by atoms with E-state index in [0.717, 1.165) is 18.4 Å². The molecule has 1 atom stereocenters. The molecule has 0 radical (unpaired) electrons. The second kappa shape index (κ2) is 8.97. The smallest absolute Gasteiger partial charge is 0.253 e. The van der Waals surface area contributed by atoms with Crippen LogP contribution < -0.4 is 10.6 Å². The van der Waals surface area contributed by atoms with Gasteiger partial charge in [0.25, 0.3) is 5.91 Å². The fourth-order valence-electron chi connectivity index (χ4n) is 2.82. The van der Waals surface area contributed by atoms with Crippen molar-refractivity contribution >= 4 is 17.5 Å². The van der Waals surface area contributed by atoms with Crippen molar-refractivity contribution < 1.29 is 14.0 Å². The maximum Gasteiger partial charge on any atom is 0.253 e. The largest absolute Gasteiger partial charge is 0.355 e. The van der Waals surface area contributed by atoms with Crippen molar-refractivity contribution in [3.8, 4) is 0 Å². The molecule has 0 aliphatic carbocycles. The third kappa shape index (κ3) is 5.14. The average molecular weight is 342 g/mol. The molecule has 0 saturated carbocycles. The number of hydrogen-bond acceptors (Lipinski definition) is 2. The Labute approximate surface area is 147 Å². The van der Waals surface area contributed by atoms with Gasteiger partial charge in [0.15, 0.2) is 0 Å². The first-order valence-electron chi connectivity index (χ1n) is 8.41. The zero-order valence-corrected chi connectivity index (χ0v) is 14.5. The summed E-state index contributed by atoms with van der Waals surface area (Å²) < 4.78 is 13.1. The quantitative estimate of drug-likeness (QED) is 0.796. The van der Waals surface area contributed by atoms with Crippen molar-refractivity contribution in [3.63, 3.8) is 0 Å². The molecule has 2 amide bonds. The third-order valence-corrected chi connectivity index (χ3v) is 4.08. The Kier molecular flexibility index (Phi) is 6.69. The number of anilines is 1. The summed E-state index contributed by atoms with van der Waals surface area (Å²) in [4.78, 5) is 24.4. The van der Waals surface area contributed by atoms with Crippen LogP contribution in [0.1, 0.15) is 48.0 Å². The number of amides is 2. The van der Waals surface area contributed by atoms with E-state index in [1.165, 1.54) is 12.1 Å². The second-order valence-electron chi connectivity index (χ2n) is 5.91. The number of benzene rings is 2. The normalized spacial score (nSPS) is 11.6. The van der Waals surface area contributed by atoms with Crippen LogP contribution in [0.5, 0.6) is 0 Å². The molecule has 4 nitrogen and oxygen atoms in total. The molecule has 0 aliphatic heterocycles. The maximum absolute atomic E-state index is 13.1. The highest BCUT2D eigenvalue weighted by Crippen LogP contribution is 2.26. The van der Waals surface area contributed by atoms with Crippen LogP contribution in [0.4, 0.5) is 10.1 Å². The fraction of sp³-hybridized carbons (Fsp3) is 0.300. The van der Waals surface area contributed by atoms with Crippen molar-refractivity contribution in [2.75, 3.05) is 12.4 Å². The van der Waals surface area contributed by atoms with E-state index >= 15 is 0 Å². The Hall–Kier alpha value is -2.69. The van der Waals surface area contributed by atoms with Gasteiger partial charge in [-0.2, -0.15) is 0 Å². The van der Waals surface area contributed by atoms with Crippen molar-refractivity contribution in [2.45, 2.75) is 32.1 Å². The molecule has 5 heteroatoms. The summed E-state index contributed by atoms with van der Waals surface area (Å²) >= 11 is 0. The van der Waals surface area contributed by atoms with Gasteiger partial charge in [0.2, 0.25) is 5.91 Å². The molecule has 2 aromatic carbocycles. The highest BCUT2D eigenvalue weighted by Gasteiger charge is 2.17.